The van der Waals surface area contributed by atoms with Gasteiger partial charge in [0.15, 0.2) is 0 Å². The second-order valence-corrected chi connectivity index (χ2v) is 5.37. The van der Waals surface area contributed by atoms with Crippen LogP contribution in [0.2, 0.25) is 0 Å². The average molecular weight is 210 g/mol. The number of rotatable bonds is 0. The summed E-state index contributed by atoms with van der Waals surface area (Å²) in [6.07, 6.45) is 0.962. The predicted molar refractivity (Wildman–Crippen MR) is 54.7 cm³/mol. The topological polar surface area (TPSA) is 3.24 Å². The van der Waals surface area contributed by atoms with Crippen LogP contribution in [-0.2, 0) is 0 Å². The largest absolute Gasteiger partial charge is 0.211 e. The van der Waals surface area contributed by atoms with Crippen LogP contribution < -0.4 is 0 Å². The number of hydrogen-bond acceptors (Lipinski definition) is 1. The van der Waals surface area contributed by atoms with Crippen molar-refractivity contribution in [1.82, 2.24) is 4.42 Å². The van der Waals surface area contributed by atoms with Crippen LogP contribution in [0.5, 0.6) is 0 Å². The molecule has 0 aromatic carbocycles. The van der Waals surface area contributed by atoms with E-state index in [1.54, 1.807) is 0 Å². The van der Waals surface area contributed by atoms with Gasteiger partial charge in [0.05, 0.1) is 0 Å². The summed E-state index contributed by atoms with van der Waals surface area (Å²) in [7, 11) is 0. The van der Waals surface area contributed by atoms with E-state index in [9.17, 15) is 0 Å². The Balaban J connectivity index is 2.78. The van der Waals surface area contributed by atoms with E-state index < -0.39 is 0 Å². The summed E-state index contributed by atoms with van der Waals surface area (Å²) in [4.78, 5) is 0. The molecule has 0 aromatic rings. The Labute approximate surface area is 85.1 Å². The highest BCUT2D eigenvalue weighted by molar-refractivity contribution is 6.21. The molecule has 0 saturated carbocycles. The third-order valence-corrected chi connectivity index (χ3v) is 4.28. The van der Waals surface area contributed by atoms with Crippen LogP contribution in [0.4, 0.5) is 0 Å². The molecule has 1 heterocycles. The Bertz CT molecular complexity index is 170. The standard InChI is InChI=1S/C9H17Cl2N/c1-6-7(2)12(11)9(3,4)5-8(6)10/h6-8H,5H2,1-4H3. The van der Waals surface area contributed by atoms with E-state index in [2.05, 4.69) is 27.7 Å². The lowest BCUT2D eigenvalue weighted by Crippen LogP contribution is -2.53. The first kappa shape index (κ1) is 10.6. The zero-order chi connectivity index (χ0) is 9.52. The van der Waals surface area contributed by atoms with Crippen molar-refractivity contribution in [2.24, 2.45) is 5.92 Å². The highest BCUT2D eigenvalue weighted by atomic mass is 35.5. The average Bonchev–Trinajstić information content (AvgIpc) is 1.97. The van der Waals surface area contributed by atoms with Crippen LogP contribution in [0, 0.1) is 5.92 Å². The smallest absolute Gasteiger partial charge is 0.0394 e. The minimum Gasteiger partial charge on any atom is -0.211 e. The van der Waals surface area contributed by atoms with E-state index in [4.69, 9.17) is 23.4 Å². The number of hydrogen-bond donors (Lipinski definition) is 0. The summed E-state index contributed by atoms with van der Waals surface area (Å²) in [5.41, 5.74) is 0.0277. The van der Waals surface area contributed by atoms with E-state index in [1.165, 1.54) is 0 Å². The van der Waals surface area contributed by atoms with Crippen molar-refractivity contribution in [3.8, 4) is 0 Å². The van der Waals surface area contributed by atoms with Crippen molar-refractivity contribution in [3.63, 3.8) is 0 Å². The number of nitrogens with zero attached hydrogens (tertiary/aromatic N) is 1. The van der Waals surface area contributed by atoms with Crippen molar-refractivity contribution in [1.29, 1.82) is 0 Å². The molecule has 72 valence electrons. The predicted octanol–water partition coefficient (Wildman–Crippen LogP) is 3.26. The fraction of sp³-hybridized carbons (Fsp3) is 1.00. The minimum atomic E-state index is 0.0277. The van der Waals surface area contributed by atoms with Gasteiger partial charge in [-0.05, 0) is 44.9 Å². The lowest BCUT2D eigenvalue weighted by atomic mass is 9.83. The second kappa shape index (κ2) is 3.36. The molecule has 3 unspecified atom stereocenters. The van der Waals surface area contributed by atoms with E-state index in [-0.39, 0.29) is 10.9 Å². The van der Waals surface area contributed by atoms with Crippen LogP contribution in [0.3, 0.4) is 0 Å². The Hall–Kier alpha value is 0.540. The van der Waals surface area contributed by atoms with Crippen molar-refractivity contribution >= 4 is 23.4 Å². The van der Waals surface area contributed by atoms with Crippen molar-refractivity contribution in [3.05, 3.63) is 0 Å². The van der Waals surface area contributed by atoms with Gasteiger partial charge in [-0.1, -0.05) is 6.92 Å². The molecule has 3 atom stereocenters. The van der Waals surface area contributed by atoms with Crippen LogP contribution in [0.25, 0.3) is 0 Å². The number of alkyl halides is 1. The number of piperidine rings is 1. The monoisotopic (exact) mass is 209 g/mol. The lowest BCUT2D eigenvalue weighted by Gasteiger charge is -2.47. The van der Waals surface area contributed by atoms with Gasteiger partial charge in [0, 0.05) is 17.0 Å². The molecule has 0 aromatic heterocycles. The second-order valence-electron chi connectivity index (χ2n) is 4.44. The van der Waals surface area contributed by atoms with Gasteiger partial charge in [0.1, 0.15) is 0 Å². The van der Waals surface area contributed by atoms with E-state index in [0.29, 0.717) is 12.0 Å². The molecule has 0 amide bonds. The van der Waals surface area contributed by atoms with E-state index >= 15 is 0 Å². The molecule has 1 aliphatic rings. The van der Waals surface area contributed by atoms with Crippen molar-refractivity contribution in [2.45, 2.75) is 51.1 Å². The first-order valence-corrected chi connectivity index (χ1v) is 5.23. The summed E-state index contributed by atoms with van der Waals surface area (Å²) in [5, 5.41) is 0.255. The molecule has 1 aliphatic heterocycles. The van der Waals surface area contributed by atoms with E-state index in [0.717, 1.165) is 6.42 Å². The molecular weight excluding hydrogens is 193 g/mol. The Morgan fingerprint density at radius 2 is 1.83 bits per heavy atom. The van der Waals surface area contributed by atoms with Gasteiger partial charge in [-0.25, -0.2) is 4.42 Å². The maximum absolute atomic E-state index is 6.23. The zero-order valence-corrected chi connectivity index (χ0v) is 9.65. The molecular formula is C9H17Cl2N. The number of halogens is 2. The summed E-state index contributed by atoms with van der Waals surface area (Å²) in [5.74, 6) is 0.470. The van der Waals surface area contributed by atoms with Crippen molar-refractivity contribution < 1.29 is 0 Å². The Kier molecular flexibility index (Phi) is 2.97. The van der Waals surface area contributed by atoms with Gasteiger partial charge >= 0.3 is 0 Å². The van der Waals surface area contributed by atoms with Gasteiger partial charge in [0.25, 0.3) is 0 Å². The summed E-state index contributed by atoms with van der Waals surface area (Å²) < 4.78 is 1.91. The van der Waals surface area contributed by atoms with Crippen LogP contribution >= 0.6 is 23.4 Å². The molecule has 12 heavy (non-hydrogen) atoms. The SMILES string of the molecule is CC1C(Cl)CC(C)(C)N(Cl)C1C. The fourth-order valence-corrected chi connectivity index (χ4v) is 2.65. The Morgan fingerprint density at radius 3 is 2.33 bits per heavy atom. The molecule has 1 nitrogen and oxygen atoms in total. The molecule has 1 fully saturated rings. The molecule has 0 radical (unpaired) electrons. The van der Waals surface area contributed by atoms with Gasteiger partial charge in [-0.2, -0.15) is 0 Å². The third-order valence-electron chi connectivity index (χ3n) is 2.96. The molecule has 1 rings (SSSR count). The summed E-state index contributed by atoms with van der Waals surface area (Å²) >= 11 is 12.4. The lowest BCUT2D eigenvalue weighted by molar-refractivity contribution is 0.0881. The molecule has 3 heteroatoms. The summed E-state index contributed by atoms with van der Waals surface area (Å²) in [6.45, 7) is 8.57. The van der Waals surface area contributed by atoms with Crippen molar-refractivity contribution in [2.75, 3.05) is 0 Å². The fourth-order valence-electron chi connectivity index (χ4n) is 1.81. The maximum atomic E-state index is 6.23. The van der Waals surface area contributed by atoms with Gasteiger partial charge < -0.3 is 0 Å². The highest BCUT2D eigenvalue weighted by Gasteiger charge is 2.41. The highest BCUT2D eigenvalue weighted by Crippen LogP contribution is 2.38. The first-order chi connectivity index (χ1) is 5.36. The zero-order valence-electron chi connectivity index (χ0n) is 8.14. The normalized spacial score (nSPS) is 43.0. The molecule has 1 saturated heterocycles. The molecule has 0 spiro atoms. The quantitative estimate of drug-likeness (QED) is 0.438. The van der Waals surface area contributed by atoms with E-state index in [1.807, 2.05) is 4.42 Å². The van der Waals surface area contributed by atoms with Gasteiger partial charge in [-0.3, -0.25) is 0 Å². The first-order valence-electron chi connectivity index (χ1n) is 4.45. The summed E-state index contributed by atoms with van der Waals surface area (Å²) in [6, 6.07) is 0.359. The van der Waals surface area contributed by atoms with Gasteiger partial charge in [-0.15, -0.1) is 11.6 Å². The van der Waals surface area contributed by atoms with Crippen LogP contribution in [0.1, 0.15) is 34.1 Å². The minimum absolute atomic E-state index is 0.0277. The van der Waals surface area contributed by atoms with Crippen LogP contribution in [0.15, 0.2) is 0 Å². The molecule has 0 bridgehead atoms. The Morgan fingerprint density at radius 1 is 1.33 bits per heavy atom. The molecule has 0 N–H and O–H groups in total. The maximum Gasteiger partial charge on any atom is 0.0394 e. The van der Waals surface area contributed by atoms with Gasteiger partial charge in [0.2, 0.25) is 0 Å². The molecule has 0 aliphatic carbocycles. The third kappa shape index (κ3) is 1.73. The van der Waals surface area contributed by atoms with Crippen LogP contribution in [-0.4, -0.2) is 21.4 Å².